The standard InChI is InChI=1S/C8H21NOSi/c1-9(2)6-7-10-8-11(3,4)5/h6-8H2,1-5H3. The van der Waals surface area contributed by atoms with Gasteiger partial charge in [0.05, 0.1) is 14.7 Å². The summed E-state index contributed by atoms with van der Waals surface area (Å²) >= 11 is 0. The van der Waals surface area contributed by atoms with Gasteiger partial charge in [0.2, 0.25) is 0 Å². The van der Waals surface area contributed by atoms with Gasteiger partial charge in [-0.25, -0.2) is 0 Å². The number of hydrogen-bond donors (Lipinski definition) is 0. The number of nitrogens with zero attached hydrogens (tertiary/aromatic N) is 1. The zero-order valence-electron chi connectivity index (χ0n) is 8.48. The van der Waals surface area contributed by atoms with E-state index < -0.39 is 8.07 Å². The van der Waals surface area contributed by atoms with Crippen LogP contribution in [0.1, 0.15) is 0 Å². The summed E-state index contributed by atoms with van der Waals surface area (Å²) in [6.45, 7) is 8.87. The zero-order valence-corrected chi connectivity index (χ0v) is 9.48. The van der Waals surface area contributed by atoms with E-state index in [1.54, 1.807) is 0 Å². The summed E-state index contributed by atoms with van der Waals surface area (Å²) < 4.78 is 5.53. The van der Waals surface area contributed by atoms with E-state index in [4.69, 9.17) is 4.74 Å². The average Bonchev–Trinajstić information content (AvgIpc) is 1.78. The highest BCUT2D eigenvalue weighted by atomic mass is 28.3. The molecule has 0 amide bonds. The van der Waals surface area contributed by atoms with Crippen molar-refractivity contribution in [3.63, 3.8) is 0 Å². The van der Waals surface area contributed by atoms with E-state index in [-0.39, 0.29) is 0 Å². The lowest BCUT2D eigenvalue weighted by molar-refractivity contribution is 0.151. The molecule has 0 aromatic rings. The number of likely N-dealkylation sites (N-methyl/N-ethyl adjacent to an activating group) is 1. The monoisotopic (exact) mass is 175 g/mol. The predicted octanol–water partition coefficient (Wildman–Crippen LogP) is 1.44. The lowest BCUT2D eigenvalue weighted by Gasteiger charge is -2.17. The summed E-state index contributed by atoms with van der Waals surface area (Å²) in [5.41, 5.74) is 0. The van der Waals surface area contributed by atoms with Crippen LogP contribution in [0.5, 0.6) is 0 Å². The predicted molar refractivity (Wildman–Crippen MR) is 52.7 cm³/mol. The van der Waals surface area contributed by atoms with E-state index >= 15 is 0 Å². The van der Waals surface area contributed by atoms with Gasteiger partial charge in [-0.1, -0.05) is 19.6 Å². The lowest BCUT2D eigenvalue weighted by atomic mass is 10.6. The van der Waals surface area contributed by atoms with Gasteiger partial charge in [-0.05, 0) is 14.1 Å². The third kappa shape index (κ3) is 10.1. The van der Waals surface area contributed by atoms with Gasteiger partial charge in [-0.2, -0.15) is 0 Å². The fourth-order valence-corrected chi connectivity index (χ4v) is 1.38. The maximum Gasteiger partial charge on any atom is 0.0746 e. The number of ether oxygens (including phenoxy) is 1. The fraction of sp³-hybridized carbons (Fsp3) is 1.00. The third-order valence-corrected chi connectivity index (χ3v) is 2.29. The number of rotatable bonds is 5. The van der Waals surface area contributed by atoms with Crippen molar-refractivity contribution in [2.75, 3.05) is 33.5 Å². The van der Waals surface area contributed by atoms with Gasteiger partial charge in [-0.15, -0.1) is 0 Å². The highest BCUT2D eigenvalue weighted by molar-refractivity contribution is 6.76. The molecule has 0 atom stereocenters. The van der Waals surface area contributed by atoms with Gasteiger partial charge in [0, 0.05) is 12.8 Å². The van der Waals surface area contributed by atoms with Gasteiger partial charge in [0.25, 0.3) is 0 Å². The summed E-state index contributed by atoms with van der Waals surface area (Å²) in [7, 11) is 3.16. The van der Waals surface area contributed by atoms with Crippen molar-refractivity contribution >= 4 is 8.07 Å². The van der Waals surface area contributed by atoms with Crippen LogP contribution < -0.4 is 0 Å². The van der Waals surface area contributed by atoms with E-state index in [0.717, 1.165) is 19.4 Å². The van der Waals surface area contributed by atoms with Crippen LogP contribution in [0.2, 0.25) is 19.6 Å². The van der Waals surface area contributed by atoms with Crippen molar-refractivity contribution in [3.8, 4) is 0 Å². The molecule has 0 fully saturated rings. The SMILES string of the molecule is CN(C)CCOC[Si](C)(C)C. The Labute approximate surface area is 71.5 Å². The summed E-state index contributed by atoms with van der Waals surface area (Å²) in [6.07, 6.45) is 0.987. The van der Waals surface area contributed by atoms with Crippen LogP contribution in [0, 0.1) is 0 Å². The van der Waals surface area contributed by atoms with E-state index in [9.17, 15) is 0 Å². The Bertz CT molecular complexity index is 98.8. The Morgan fingerprint density at radius 3 is 2.09 bits per heavy atom. The van der Waals surface area contributed by atoms with Crippen molar-refractivity contribution in [3.05, 3.63) is 0 Å². The van der Waals surface area contributed by atoms with E-state index in [0.29, 0.717) is 0 Å². The molecule has 0 aliphatic heterocycles. The fourth-order valence-electron chi connectivity index (χ4n) is 0.625. The summed E-state index contributed by atoms with van der Waals surface area (Å²) in [4.78, 5) is 2.14. The Hall–Kier alpha value is 0.137. The maximum atomic E-state index is 5.53. The molecule has 0 spiro atoms. The van der Waals surface area contributed by atoms with Crippen LogP contribution in [0.3, 0.4) is 0 Å². The minimum atomic E-state index is -0.970. The first-order valence-corrected chi connectivity index (χ1v) is 7.85. The van der Waals surface area contributed by atoms with Crippen LogP contribution >= 0.6 is 0 Å². The minimum Gasteiger partial charge on any atom is -0.383 e. The van der Waals surface area contributed by atoms with Crippen LogP contribution in [-0.4, -0.2) is 46.5 Å². The molecule has 0 aliphatic rings. The molecule has 11 heavy (non-hydrogen) atoms. The first kappa shape index (κ1) is 11.1. The van der Waals surface area contributed by atoms with Gasteiger partial charge >= 0.3 is 0 Å². The Morgan fingerprint density at radius 1 is 1.18 bits per heavy atom. The summed E-state index contributed by atoms with van der Waals surface area (Å²) in [5.74, 6) is 0. The third-order valence-electron chi connectivity index (χ3n) is 1.22. The second-order valence-electron chi connectivity index (χ2n) is 4.42. The molecule has 0 aromatic carbocycles. The van der Waals surface area contributed by atoms with Crippen LogP contribution in [-0.2, 0) is 4.74 Å². The van der Waals surface area contributed by atoms with Crippen molar-refractivity contribution in [2.45, 2.75) is 19.6 Å². The van der Waals surface area contributed by atoms with Gasteiger partial charge < -0.3 is 9.64 Å². The van der Waals surface area contributed by atoms with Crippen molar-refractivity contribution in [1.82, 2.24) is 4.90 Å². The molecule has 0 saturated carbocycles. The zero-order chi connectivity index (χ0) is 8.91. The van der Waals surface area contributed by atoms with Crippen molar-refractivity contribution in [1.29, 1.82) is 0 Å². The number of hydrogen-bond acceptors (Lipinski definition) is 2. The molecule has 0 N–H and O–H groups in total. The molecule has 0 rings (SSSR count). The van der Waals surface area contributed by atoms with Crippen LogP contribution in [0.4, 0.5) is 0 Å². The smallest absolute Gasteiger partial charge is 0.0746 e. The molecule has 0 bridgehead atoms. The first-order chi connectivity index (χ1) is 4.92. The topological polar surface area (TPSA) is 12.5 Å². The average molecular weight is 175 g/mol. The largest absolute Gasteiger partial charge is 0.383 e. The van der Waals surface area contributed by atoms with Gasteiger partial charge in [0.15, 0.2) is 0 Å². The van der Waals surface area contributed by atoms with E-state index in [1.807, 2.05) is 0 Å². The van der Waals surface area contributed by atoms with E-state index in [1.165, 1.54) is 0 Å². The highest BCUT2D eigenvalue weighted by Gasteiger charge is 2.12. The molecule has 68 valence electrons. The summed E-state index contributed by atoms with van der Waals surface area (Å²) in [5, 5.41) is 0. The second-order valence-corrected chi connectivity index (χ2v) is 9.83. The highest BCUT2D eigenvalue weighted by Crippen LogP contribution is 1.99. The molecular formula is C8H21NOSi. The van der Waals surface area contributed by atoms with Gasteiger partial charge in [-0.3, -0.25) is 0 Å². The Kier molecular flexibility index (Phi) is 4.96. The molecular weight excluding hydrogens is 154 g/mol. The molecule has 0 radical (unpaired) electrons. The second kappa shape index (κ2) is 4.90. The lowest BCUT2D eigenvalue weighted by Crippen LogP contribution is -2.30. The van der Waals surface area contributed by atoms with Crippen molar-refractivity contribution in [2.24, 2.45) is 0 Å². The molecule has 3 heteroatoms. The molecule has 2 nitrogen and oxygen atoms in total. The van der Waals surface area contributed by atoms with E-state index in [2.05, 4.69) is 38.6 Å². The van der Waals surface area contributed by atoms with Gasteiger partial charge in [0.1, 0.15) is 0 Å². The molecule has 0 saturated heterocycles. The Balaban J connectivity index is 3.15. The van der Waals surface area contributed by atoms with Crippen LogP contribution in [0.25, 0.3) is 0 Å². The quantitative estimate of drug-likeness (QED) is 0.463. The molecule has 0 unspecified atom stereocenters. The Morgan fingerprint density at radius 2 is 1.73 bits per heavy atom. The first-order valence-electron chi connectivity index (χ1n) is 4.14. The molecule has 0 aliphatic carbocycles. The van der Waals surface area contributed by atoms with Crippen LogP contribution in [0.15, 0.2) is 0 Å². The van der Waals surface area contributed by atoms with Crippen molar-refractivity contribution < 1.29 is 4.74 Å². The molecule has 0 aromatic heterocycles. The molecule has 0 heterocycles. The summed E-state index contributed by atoms with van der Waals surface area (Å²) in [6, 6.07) is 0. The maximum absolute atomic E-state index is 5.53. The normalized spacial score (nSPS) is 12.5. The minimum absolute atomic E-state index is 0.872.